The van der Waals surface area contributed by atoms with Crippen LogP contribution in [0.2, 0.25) is 0 Å². The van der Waals surface area contributed by atoms with Crippen LogP contribution in [0.4, 0.5) is 5.82 Å². The van der Waals surface area contributed by atoms with E-state index in [-0.39, 0.29) is 18.3 Å². The molecule has 6 nitrogen and oxygen atoms in total. The summed E-state index contributed by atoms with van der Waals surface area (Å²) in [5, 5.41) is 9.05. The zero-order valence-electron chi connectivity index (χ0n) is 15.6. The standard InChI is InChI=1S/C20H27N5O.ClH/c21-13-14-4-5-23-18(10-14)24-6-8-25(9-7-24)20(26)17-11-15-2-1-3-16(12-17)19(15)22;/h4-5,10,15-17,19H,1-3,6-9,11-12,22H2;1H. The molecular weight excluding hydrogens is 362 g/mol. The molecule has 0 spiro atoms. The molecule has 146 valence electrons. The summed E-state index contributed by atoms with van der Waals surface area (Å²) in [6.07, 6.45) is 7.28. The number of nitrogens with two attached hydrogens (primary N) is 1. The molecule has 0 aromatic carbocycles. The van der Waals surface area contributed by atoms with Crippen molar-refractivity contribution in [1.29, 1.82) is 5.26 Å². The van der Waals surface area contributed by atoms with Gasteiger partial charge >= 0.3 is 0 Å². The maximum absolute atomic E-state index is 13.0. The van der Waals surface area contributed by atoms with E-state index >= 15 is 0 Å². The summed E-state index contributed by atoms with van der Waals surface area (Å²) in [6.45, 7) is 3.00. The van der Waals surface area contributed by atoms with Crippen LogP contribution < -0.4 is 10.6 Å². The van der Waals surface area contributed by atoms with Crippen molar-refractivity contribution in [2.24, 2.45) is 23.5 Å². The predicted molar refractivity (Wildman–Crippen MR) is 107 cm³/mol. The number of amides is 1. The molecule has 1 aromatic heterocycles. The molecule has 0 radical (unpaired) electrons. The fourth-order valence-electron chi connectivity index (χ4n) is 5.07. The number of hydrogen-bond acceptors (Lipinski definition) is 5. The van der Waals surface area contributed by atoms with Crippen LogP contribution in [-0.2, 0) is 4.79 Å². The summed E-state index contributed by atoms with van der Waals surface area (Å²) in [6, 6.07) is 6.00. The minimum absolute atomic E-state index is 0. The minimum atomic E-state index is 0. The molecule has 2 N–H and O–H groups in total. The van der Waals surface area contributed by atoms with E-state index in [0.717, 1.165) is 44.8 Å². The maximum Gasteiger partial charge on any atom is 0.225 e. The number of pyridine rings is 1. The lowest BCUT2D eigenvalue weighted by atomic mass is 9.65. The van der Waals surface area contributed by atoms with E-state index in [0.29, 0.717) is 29.3 Å². The van der Waals surface area contributed by atoms with E-state index < -0.39 is 0 Å². The van der Waals surface area contributed by atoms with Gasteiger partial charge in [0.25, 0.3) is 0 Å². The fourth-order valence-corrected chi connectivity index (χ4v) is 5.07. The third-order valence-corrected chi connectivity index (χ3v) is 6.55. The van der Waals surface area contributed by atoms with Crippen LogP contribution in [0.1, 0.15) is 37.7 Å². The Balaban J connectivity index is 0.00000210. The van der Waals surface area contributed by atoms with Crippen molar-refractivity contribution >= 4 is 24.1 Å². The highest BCUT2D eigenvalue weighted by Crippen LogP contribution is 2.42. The summed E-state index contributed by atoms with van der Waals surface area (Å²) in [5.74, 6) is 2.39. The van der Waals surface area contributed by atoms with Gasteiger partial charge in [0.1, 0.15) is 5.82 Å². The highest BCUT2D eigenvalue weighted by molar-refractivity contribution is 5.85. The third kappa shape index (κ3) is 4.04. The molecule has 2 bridgehead atoms. The van der Waals surface area contributed by atoms with Gasteiger partial charge in [0.05, 0.1) is 11.6 Å². The Kier molecular flexibility index (Phi) is 6.23. The number of anilines is 1. The minimum Gasteiger partial charge on any atom is -0.353 e. The Morgan fingerprint density at radius 1 is 1.19 bits per heavy atom. The topological polar surface area (TPSA) is 86.2 Å². The number of carbonyl (C=O) groups excluding carboxylic acids is 1. The van der Waals surface area contributed by atoms with Crippen LogP contribution in [0, 0.1) is 29.1 Å². The molecule has 7 heteroatoms. The molecule has 1 aliphatic heterocycles. The number of rotatable bonds is 2. The Morgan fingerprint density at radius 2 is 1.85 bits per heavy atom. The van der Waals surface area contributed by atoms with E-state index in [9.17, 15) is 4.79 Å². The number of nitrogens with zero attached hydrogens (tertiary/aromatic N) is 4. The van der Waals surface area contributed by atoms with Crippen molar-refractivity contribution in [3.63, 3.8) is 0 Å². The molecule has 1 saturated heterocycles. The Labute approximate surface area is 167 Å². The second-order valence-corrected chi connectivity index (χ2v) is 8.02. The molecular formula is C20H28ClN5O. The van der Waals surface area contributed by atoms with E-state index in [1.54, 1.807) is 12.3 Å². The number of carbonyl (C=O) groups is 1. The normalized spacial score (nSPS) is 30.2. The first-order valence-electron chi connectivity index (χ1n) is 9.81. The smallest absolute Gasteiger partial charge is 0.225 e. The van der Waals surface area contributed by atoms with Crippen LogP contribution >= 0.6 is 12.4 Å². The lowest BCUT2D eigenvalue weighted by Gasteiger charge is -2.45. The Morgan fingerprint density at radius 3 is 2.48 bits per heavy atom. The number of nitriles is 1. The van der Waals surface area contributed by atoms with Crippen LogP contribution in [0.5, 0.6) is 0 Å². The van der Waals surface area contributed by atoms with E-state index in [1.165, 1.54) is 19.3 Å². The van der Waals surface area contributed by atoms with Gasteiger partial charge in [-0.05, 0) is 49.7 Å². The van der Waals surface area contributed by atoms with Gasteiger partial charge in [0.15, 0.2) is 0 Å². The highest BCUT2D eigenvalue weighted by Gasteiger charge is 2.41. The summed E-state index contributed by atoms with van der Waals surface area (Å²) in [5.41, 5.74) is 6.99. The number of hydrogen-bond donors (Lipinski definition) is 1. The molecule has 27 heavy (non-hydrogen) atoms. The van der Waals surface area contributed by atoms with Crippen LogP contribution in [0.15, 0.2) is 18.3 Å². The quantitative estimate of drug-likeness (QED) is 0.837. The van der Waals surface area contributed by atoms with E-state index in [4.69, 9.17) is 11.0 Å². The summed E-state index contributed by atoms with van der Waals surface area (Å²) in [4.78, 5) is 21.6. The van der Waals surface area contributed by atoms with Crippen molar-refractivity contribution < 1.29 is 4.79 Å². The summed E-state index contributed by atoms with van der Waals surface area (Å²) < 4.78 is 0. The van der Waals surface area contributed by atoms with Crippen LogP contribution in [-0.4, -0.2) is 48.0 Å². The number of fused-ring (bicyclic) bond motifs is 2. The fraction of sp³-hybridized carbons (Fsp3) is 0.650. The SMILES string of the molecule is Cl.N#Cc1ccnc(N2CCN(C(=O)C3CC4CCCC(C3)C4N)CC2)c1. The van der Waals surface area contributed by atoms with E-state index in [1.807, 2.05) is 11.0 Å². The van der Waals surface area contributed by atoms with Gasteiger partial charge in [-0.2, -0.15) is 5.26 Å². The molecule has 3 aliphatic rings. The number of halogens is 1. The van der Waals surface area contributed by atoms with Gasteiger partial charge in [-0.3, -0.25) is 4.79 Å². The molecule has 1 amide bonds. The van der Waals surface area contributed by atoms with Gasteiger partial charge in [-0.15, -0.1) is 12.4 Å². The average Bonchev–Trinajstić information content (AvgIpc) is 2.67. The second kappa shape index (κ2) is 8.45. The largest absolute Gasteiger partial charge is 0.353 e. The molecule has 2 saturated carbocycles. The second-order valence-electron chi connectivity index (χ2n) is 8.02. The molecule has 2 heterocycles. The monoisotopic (exact) mass is 389 g/mol. The van der Waals surface area contributed by atoms with Crippen molar-refractivity contribution in [2.45, 2.75) is 38.1 Å². The zero-order chi connectivity index (χ0) is 18.1. The van der Waals surface area contributed by atoms with Gasteiger partial charge in [-0.25, -0.2) is 4.98 Å². The number of piperazine rings is 1. The van der Waals surface area contributed by atoms with Gasteiger partial charge in [0, 0.05) is 44.3 Å². The molecule has 2 aliphatic carbocycles. The molecule has 4 rings (SSSR count). The predicted octanol–water partition coefficient (Wildman–Crippen LogP) is 2.18. The van der Waals surface area contributed by atoms with Gasteiger partial charge in [0.2, 0.25) is 5.91 Å². The summed E-state index contributed by atoms with van der Waals surface area (Å²) in [7, 11) is 0. The van der Waals surface area contributed by atoms with Crippen molar-refractivity contribution in [3.05, 3.63) is 23.9 Å². The first-order valence-corrected chi connectivity index (χ1v) is 9.81. The molecule has 1 aromatic rings. The average molecular weight is 390 g/mol. The number of aromatic nitrogens is 1. The van der Waals surface area contributed by atoms with Crippen molar-refractivity contribution in [2.75, 3.05) is 31.1 Å². The van der Waals surface area contributed by atoms with Gasteiger partial charge < -0.3 is 15.5 Å². The lowest BCUT2D eigenvalue weighted by molar-refractivity contribution is -0.138. The lowest BCUT2D eigenvalue weighted by Crippen LogP contribution is -2.53. The summed E-state index contributed by atoms with van der Waals surface area (Å²) >= 11 is 0. The van der Waals surface area contributed by atoms with Crippen LogP contribution in [0.25, 0.3) is 0 Å². The molecule has 3 fully saturated rings. The third-order valence-electron chi connectivity index (χ3n) is 6.55. The zero-order valence-corrected chi connectivity index (χ0v) is 16.4. The molecule has 2 atom stereocenters. The first kappa shape index (κ1) is 19.9. The first-order chi connectivity index (χ1) is 12.7. The maximum atomic E-state index is 13.0. The van der Waals surface area contributed by atoms with Crippen molar-refractivity contribution in [1.82, 2.24) is 9.88 Å². The molecule has 2 unspecified atom stereocenters. The van der Waals surface area contributed by atoms with Gasteiger partial charge in [-0.1, -0.05) is 6.42 Å². The van der Waals surface area contributed by atoms with E-state index in [2.05, 4.69) is 16.0 Å². The Bertz CT molecular complexity index is 699. The highest BCUT2D eigenvalue weighted by atomic mass is 35.5. The Hall–Kier alpha value is -1.84. The van der Waals surface area contributed by atoms with Crippen LogP contribution in [0.3, 0.4) is 0 Å². The van der Waals surface area contributed by atoms with Crippen molar-refractivity contribution in [3.8, 4) is 6.07 Å².